The van der Waals surface area contributed by atoms with Gasteiger partial charge in [0.2, 0.25) is 0 Å². The van der Waals surface area contributed by atoms with Crippen LogP contribution in [-0.2, 0) is 27.4 Å². The van der Waals surface area contributed by atoms with E-state index in [-0.39, 0.29) is 30.0 Å². The number of aliphatic hydroxyl groups excluding tert-OH is 1. The SMILES string of the molecule is CC(=NCCCCC(NC(=O)OCc1cccc2c1Cc1ccccc1-2)C(=O)O)C1=C(O)CC(C)(C)CC1=O. The van der Waals surface area contributed by atoms with Crippen LogP contribution in [0.3, 0.4) is 0 Å². The van der Waals surface area contributed by atoms with E-state index in [0.717, 1.165) is 23.1 Å². The molecule has 2 aliphatic carbocycles. The van der Waals surface area contributed by atoms with E-state index in [0.29, 0.717) is 43.5 Å². The molecular formula is C31H36N2O6. The van der Waals surface area contributed by atoms with Crippen molar-refractivity contribution in [2.24, 2.45) is 10.4 Å². The van der Waals surface area contributed by atoms with E-state index < -0.39 is 18.1 Å². The lowest BCUT2D eigenvalue weighted by Gasteiger charge is -2.29. The van der Waals surface area contributed by atoms with Gasteiger partial charge < -0.3 is 20.3 Å². The number of carbonyl (C=O) groups excluding carboxylic acids is 2. The van der Waals surface area contributed by atoms with E-state index in [9.17, 15) is 24.6 Å². The zero-order valence-corrected chi connectivity index (χ0v) is 22.8. The third-order valence-corrected chi connectivity index (χ3v) is 7.36. The van der Waals surface area contributed by atoms with Gasteiger partial charge in [0.05, 0.1) is 5.57 Å². The maximum absolute atomic E-state index is 12.5. The molecule has 0 saturated carbocycles. The number of carbonyl (C=O) groups is 3. The highest BCUT2D eigenvalue weighted by molar-refractivity contribution is 6.22. The highest BCUT2D eigenvalue weighted by Gasteiger charge is 2.34. The van der Waals surface area contributed by atoms with Crippen molar-refractivity contribution < 1.29 is 29.3 Å². The summed E-state index contributed by atoms with van der Waals surface area (Å²) in [5, 5.41) is 22.4. The Morgan fingerprint density at radius 2 is 1.82 bits per heavy atom. The van der Waals surface area contributed by atoms with Crippen molar-refractivity contribution in [3.8, 4) is 11.1 Å². The van der Waals surface area contributed by atoms with Gasteiger partial charge in [-0.25, -0.2) is 9.59 Å². The lowest BCUT2D eigenvalue weighted by Crippen LogP contribution is -2.41. The number of fused-ring (bicyclic) bond motifs is 3. The Hall–Kier alpha value is -3.94. The van der Waals surface area contributed by atoms with Crippen molar-refractivity contribution in [2.75, 3.05) is 6.54 Å². The average Bonchev–Trinajstić information content (AvgIpc) is 3.24. The van der Waals surface area contributed by atoms with Crippen molar-refractivity contribution >= 4 is 23.6 Å². The van der Waals surface area contributed by atoms with Crippen LogP contribution in [0.15, 0.2) is 58.8 Å². The zero-order valence-electron chi connectivity index (χ0n) is 22.8. The summed E-state index contributed by atoms with van der Waals surface area (Å²) in [7, 11) is 0. The van der Waals surface area contributed by atoms with Crippen molar-refractivity contribution in [3.63, 3.8) is 0 Å². The number of hydrogen-bond acceptors (Lipinski definition) is 6. The largest absolute Gasteiger partial charge is 0.511 e. The number of aliphatic hydroxyl groups is 1. The first-order chi connectivity index (χ1) is 18.6. The molecule has 8 heteroatoms. The number of allylic oxidation sites excluding steroid dienone is 2. The summed E-state index contributed by atoms with van der Waals surface area (Å²) in [5.74, 6) is -1.16. The molecule has 2 aliphatic rings. The number of aliphatic imine (C=N–C) groups is 1. The summed E-state index contributed by atoms with van der Waals surface area (Å²) in [4.78, 5) is 41.0. The number of amides is 1. The Balaban J connectivity index is 1.25. The predicted octanol–water partition coefficient (Wildman–Crippen LogP) is 5.77. The fraction of sp³-hybridized carbons (Fsp3) is 0.419. The van der Waals surface area contributed by atoms with Gasteiger partial charge in [0.1, 0.15) is 18.4 Å². The molecule has 0 spiro atoms. The third kappa shape index (κ3) is 6.74. The van der Waals surface area contributed by atoms with Crippen LogP contribution in [-0.4, -0.2) is 46.4 Å². The Labute approximate surface area is 228 Å². The van der Waals surface area contributed by atoms with Crippen LogP contribution in [0.1, 0.15) is 69.6 Å². The number of Topliss-reactive ketones (excluding diaryl/α,β-unsaturated/α-hetero) is 1. The first kappa shape index (κ1) is 28.1. The Kier molecular flexibility index (Phi) is 8.53. The lowest BCUT2D eigenvalue weighted by atomic mass is 9.76. The summed E-state index contributed by atoms with van der Waals surface area (Å²) in [6, 6.07) is 13.0. The number of alkyl carbamates (subject to hydrolysis) is 1. The molecule has 8 nitrogen and oxygen atoms in total. The zero-order chi connectivity index (χ0) is 28.2. The molecule has 0 fully saturated rings. The molecular weight excluding hydrogens is 496 g/mol. The van der Waals surface area contributed by atoms with Crippen molar-refractivity contribution in [3.05, 3.63) is 70.5 Å². The van der Waals surface area contributed by atoms with E-state index in [1.54, 1.807) is 6.92 Å². The van der Waals surface area contributed by atoms with Gasteiger partial charge in [0.15, 0.2) is 5.78 Å². The third-order valence-electron chi connectivity index (χ3n) is 7.36. The van der Waals surface area contributed by atoms with Crippen LogP contribution in [0.5, 0.6) is 0 Å². The molecule has 2 aromatic rings. The average molecular weight is 533 g/mol. The minimum Gasteiger partial charge on any atom is -0.511 e. The summed E-state index contributed by atoms with van der Waals surface area (Å²) in [5.41, 5.74) is 6.12. The smallest absolute Gasteiger partial charge is 0.408 e. The number of unbranched alkanes of at least 4 members (excludes halogenated alkanes) is 1. The number of hydrogen-bond donors (Lipinski definition) is 3. The number of carboxylic acid groups (broad SMARTS) is 1. The molecule has 0 heterocycles. The number of aliphatic carboxylic acids is 1. The molecule has 3 N–H and O–H groups in total. The number of nitrogens with zero attached hydrogens (tertiary/aromatic N) is 1. The number of carboxylic acids is 1. The van der Waals surface area contributed by atoms with E-state index in [2.05, 4.69) is 28.5 Å². The highest BCUT2D eigenvalue weighted by atomic mass is 16.5. The van der Waals surface area contributed by atoms with E-state index >= 15 is 0 Å². The van der Waals surface area contributed by atoms with Crippen LogP contribution in [0, 0.1) is 5.41 Å². The van der Waals surface area contributed by atoms with Gasteiger partial charge in [-0.3, -0.25) is 9.79 Å². The minimum atomic E-state index is -1.13. The van der Waals surface area contributed by atoms with Gasteiger partial charge in [0.25, 0.3) is 0 Å². The molecule has 2 aromatic carbocycles. The first-order valence-corrected chi connectivity index (χ1v) is 13.4. The number of ether oxygens (including phenoxy) is 1. The molecule has 1 unspecified atom stereocenters. The first-order valence-electron chi connectivity index (χ1n) is 13.4. The quantitative estimate of drug-likeness (QED) is 0.225. The Bertz CT molecular complexity index is 1340. The fourth-order valence-electron chi connectivity index (χ4n) is 5.43. The summed E-state index contributed by atoms with van der Waals surface area (Å²) in [6.07, 6.45) is 2.09. The van der Waals surface area contributed by atoms with Gasteiger partial charge in [-0.15, -0.1) is 0 Å². The van der Waals surface area contributed by atoms with Gasteiger partial charge in [-0.2, -0.15) is 0 Å². The Morgan fingerprint density at radius 1 is 1.08 bits per heavy atom. The molecule has 1 atom stereocenters. The maximum atomic E-state index is 12.5. The second-order valence-electron chi connectivity index (χ2n) is 11.1. The van der Waals surface area contributed by atoms with Crippen LogP contribution < -0.4 is 5.32 Å². The van der Waals surface area contributed by atoms with Gasteiger partial charge in [-0.05, 0) is 65.8 Å². The topological polar surface area (TPSA) is 125 Å². The van der Waals surface area contributed by atoms with E-state index in [4.69, 9.17) is 4.74 Å². The number of nitrogens with one attached hydrogen (secondary N) is 1. The maximum Gasteiger partial charge on any atom is 0.408 e. The normalized spacial score (nSPS) is 16.9. The molecule has 1 amide bonds. The molecule has 39 heavy (non-hydrogen) atoms. The second kappa shape index (κ2) is 11.8. The summed E-state index contributed by atoms with van der Waals surface area (Å²) < 4.78 is 5.40. The van der Waals surface area contributed by atoms with Crippen molar-refractivity contribution in [1.82, 2.24) is 5.32 Å². The van der Waals surface area contributed by atoms with Crippen molar-refractivity contribution in [2.45, 2.75) is 71.9 Å². The molecule has 0 bridgehead atoms. The standard InChI is InChI=1S/C31H36N2O6/c1-19(28-26(34)16-31(2,3)17-27(28)35)32-14-7-6-13-25(29(36)37)33-30(38)39-18-21-10-8-12-23-22-11-5-4-9-20(22)15-24(21)23/h4-5,8-12,25,34H,6-7,13-18H2,1-3H3,(H,33,38)(H,36,37). The fourth-order valence-corrected chi connectivity index (χ4v) is 5.43. The monoisotopic (exact) mass is 532 g/mol. The summed E-state index contributed by atoms with van der Waals surface area (Å²) in [6.45, 7) is 6.04. The van der Waals surface area contributed by atoms with Crippen LogP contribution >= 0.6 is 0 Å². The van der Waals surface area contributed by atoms with Crippen LogP contribution in [0.4, 0.5) is 4.79 Å². The molecule has 0 aliphatic heterocycles. The van der Waals surface area contributed by atoms with Crippen molar-refractivity contribution in [1.29, 1.82) is 0 Å². The van der Waals surface area contributed by atoms with Crippen LogP contribution in [0.2, 0.25) is 0 Å². The Morgan fingerprint density at radius 3 is 2.56 bits per heavy atom. The minimum absolute atomic E-state index is 0.0575. The molecule has 4 rings (SSSR count). The predicted molar refractivity (Wildman–Crippen MR) is 149 cm³/mol. The molecule has 206 valence electrons. The lowest BCUT2D eigenvalue weighted by molar-refractivity contribution is -0.139. The van der Waals surface area contributed by atoms with Gasteiger partial charge >= 0.3 is 12.1 Å². The number of ketones is 1. The number of benzene rings is 2. The van der Waals surface area contributed by atoms with Gasteiger partial charge in [0, 0.05) is 25.1 Å². The highest BCUT2D eigenvalue weighted by Crippen LogP contribution is 2.38. The second-order valence-corrected chi connectivity index (χ2v) is 11.1. The molecule has 0 radical (unpaired) electrons. The van der Waals surface area contributed by atoms with Gasteiger partial charge in [-0.1, -0.05) is 56.3 Å². The van der Waals surface area contributed by atoms with E-state index in [1.807, 2.05) is 38.1 Å². The molecule has 0 saturated heterocycles. The van der Waals surface area contributed by atoms with Crippen LogP contribution in [0.25, 0.3) is 11.1 Å². The van der Waals surface area contributed by atoms with E-state index in [1.165, 1.54) is 11.1 Å². The molecule has 0 aromatic heterocycles. The number of rotatable bonds is 10. The summed E-state index contributed by atoms with van der Waals surface area (Å²) >= 11 is 0.